The van der Waals surface area contributed by atoms with E-state index < -0.39 is 11.9 Å². The van der Waals surface area contributed by atoms with Crippen molar-refractivity contribution in [3.05, 3.63) is 35.5 Å². The second kappa shape index (κ2) is 35.0. The third-order valence-electron chi connectivity index (χ3n) is 8.99. The average Bonchev–Trinajstić information content (AvgIpc) is 3.02. The van der Waals surface area contributed by atoms with Gasteiger partial charge in [0.25, 0.3) is 0 Å². The van der Waals surface area contributed by atoms with E-state index in [9.17, 15) is 19.8 Å². The number of carboxylic acid groups (broad SMARTS) is 2. The molecule has 0 aliphatic rings. The number of hydrogen-bond donors (Lipinski definition) is 2. The predicted molar refractivity (Wildman–Crippen MR) is 195 cm³/mol. The molecule has 0 amide bonds. The third kappa shape index (κ3) is 31.9. The van der Waals surface area contributed by atoms with Gasteiger partial charge in [-0.3, -0.25) is 4.79 Å². The van der Waals surface area contributed by atoms with Crippen LogP contribution in [-0.2, 0) is 9.59 Å². The second-order valence-corrected chi connectivity index (χ2v) is 13.3. The maximum Gasteiger partial charge on any atom is 0.332 e. The molecule has 45 heavy (non-hydrogen) atoms. The number of allylic oxidation sites excluding steroid dienone is 5. The van der Waals surface area contributed by atoms with Crippen LogP contribution in [0.4, 0.5) is 0 Å². The van der Waals surface area contributed by atoms with E-state index in [4.69, 9.17) is 0 Å². The van der Waals surface area contributed by atoms with Crippen LogP contribution in [-0.4, -0.2) is 22.2 Å². The highest BCUT2D eigenvalue weighted by atomic mass is 16.4. The lowest BCUT2D eigenvalue weighted by atomic mass is 9.93. The Morgan fingerprint density at radius 1 is 0.422 bits per heavy atom. The number of unbranched alkanes of at least 4 members (excludes halogenated alkanes) is 24. The first-order chi connectivity index (χ1) is 22.0. The summed E-state index contributed by atoms with van der Waals surface area (Å²) >= 11 is 0. The fourth-order valence-corrected chi connectivity index (χ4v) is 6.10. The minimum absolute atomic E-state index is 0.128. The highest BCUT2D eigenvalue weighted by Crippen LogP contribution is 2.24. The minimum Gasteiger partial charge on any atom is -0.481 e. The van der Waals surface area contributed by atoms with Crippen LogP contribution < -0.4 is 0 Å². The van der Waals surface area contributed by atoms with Gasteiger partial charge in [-0.2, -0.15) is 0 Å². The van der Waals surface area contributed by atoms with Crippen LogP contribution in [0.1, 0.15) is 213 Å². The molecule has 0 heterocycles. The molecule has 0 aliphatic carbocycles. The summed E-state index contributed by atoms with van der Waals surface area (Å²) in [6.45, 7) is 4.53. The van der Waals surface area contributed by atoms with Gasteiger partial charge in [0, 0.05) is 5.57 Å². The standard InChI is InChI=1S/C41H74O4/c1-3-5-7-9-11-13-15-17-19-21-23-25-27-29-31-33-35-38(39(41(44)45)37-40(42)43)36-34-32-30-28-26-24-22-20-18-16-14-12-10-8-6-4-2/h17-20H,3-16,21-37H2,1-2H3,(H,42,43)(H,44,45). The first-order valence-corrected chi connectivity index (χ1v) is 19.5. The molecule has 0 aliphatic heterocycles. The normalized spacial score (nSPS) is 11.6. The van der Waals surface area contributed by atoms with Crippen molar-refractivity contribution in [3.63, 3.8) is 0 Å². The van der Waals surface area contributed by atoms with Gasteiger partial charge in [-0.15, -0.1) is 0 Å². The zero-order valence-corrected chi connectivity index (χ0v) is 29.9. The molecule has 0 aromatic rings. The molecule has 0 saturated carbocycles. The summed E-state index contributed by atoms with van der Waals surface area (Å²) in [6.07, 6.45) is 45.5. The summed E-state index contributed by atoms with van der Waals surface area (Å²) in [5.41, 5.74) is 0.999. The van der Waals surface area contributed by atoms with Gasteiger partial charge in [0.1, 0.15) is 0 Å². The summed E-state index contributed by atoms with van der Waals surface area (Å²) in [5.74, 6) is -2.10. The van der Waals surface area contributed by atoms with Crippen LogP contribution in [0.2, 0.25) is 0 Å². The first-order valence-electron chi connectivity index (χ1n) is 19.5. The molecule has 0 aromatic carbocycles. The Morgan fingerprint density at radius 3 is 1.00 bits per heavy atom. The van der Waals surface area contributed by atoms with Crippen molar-refractivity contribution in [2.75, 3.05) is 0 Å². The number of aliphatic carboxylic acids is 2. The first kappa shape index (κ1) is 43.2. The largest absolute Gasteiger partial charge is 0.481 e. The van der Waals surface area contributed by atoms with E-state index in [0.717, 1.165) is 44.1 Å². The lowest BCUT2D eigenvalue weighted by Crippen LogP contribution is -2.10. The van der Waals surface area contributed by atoms with Gasteiger partial charge in [0.15, 0.2) is 0 Å². The molecule has 0 atom stereocenters. The zero-order chi connectivity index (χ0) is 33.1. The molecule has 2 N–H and O–H groups in total. The number of hydrogen-bond acceptors (Lipinski definition) is 2. The van der Waals surface area contributed by atoms with Crippen molar-refractivity contribution in [2.45, 2.75) is 213 Å². The average molecular weight is 631 g/mol. The summed E-state index contributed by atoms with van der Waals surface area (Å²) < 4.78 is 0. The highest BCUT2D eigenvalue weighted by molar-refractivity contribution is 5.92. The Balaban J connectivity index is 4.07. The summed E-state index contributed by atoms with van der Waals surface area (Å²) in [4.78, 5) is 23.2. The molecule has 0 bridgehead atoms. The fraction of sp³-hybridized carbons (Fsp3) is 0.805. The van der Waals surface area contributed by atoms with E-state index in [1.165, 1.54) is 154 Å². The topological polar surface area (TPSA) is 74.6 Å². The van der Waals surface area contributed by atoms with Crippen molar-refractivity contribution in [2.24, 2.45) is 0 Å². The maximum absolute atomic E-state index is 11.9. The van der Waals surface area contributed by atoms with Crippen molar-refractivity contribution >= 4 is 11.9 Å². The van der Waals surface area contributed by atoms with Gasteiger partial charge >= 0.3 is 11.9 Å². The Kier molecular flexibility index (Phi) is 33.6. The molecule has 0 spiro atoms. The zero-order valence-electron chi connectivity index (χ0n) is 29.9. The van der Waals surface area contributed by atoms with Gasteiger partial charge in [0.2, 0.25) is 0 Å². The van der Waals surface area contributed by atoms with Gasteiger partial charge in [-0.1, -0.05) is 159 Å². The number of carbonyl (C=O) groups is 2. The number of rotatable bonds is 35. The molecule has 4 heteroatoms. The van der Waals surface area contributed by atoms with Gasteiger partial charge in [0.05, 0.1) is 6.42 Å². The summed E-state index contributed by atoms with van der Waals surface area (Å²) in [5, 5.41) is 19.0. The van der Waals surface area contributed by atoms with Gasteiger partial charge in [-0.25, -0.2) is 4.79 Å². The molecule has 0 radical (unpaired) electrons. The summed E-state index contributed by atoms with van der Waals surface area (Å²) in [7, 11) is 0. The van der Waals surface area contributed by atoms with E-state index >= 15 is 0 Å². The summed E-state index contributed by atoms with van der Waals surface area (Å²) in [6, 6.07) is 0. The smallest absolute Gasteiger partial charge is 0.332 e. The van der Waals surface area contributed by atoms with Crippen molar-refractivity contribution in [3.8, 4) is 0 Å². The lowest BCUT2D eigenvalue weighted by Gasteiger charge is -2.12. The lowest BCUT2D eigenvalue weighted by molar-refractivity contribution is -0.139. The van der Waals surface area contributed by atoms with E-state index in [1.54, 1.807) is 0 Å². The maximum atomic E-state index is 11.9. The Hall–Kier alpha value is -1.84. The quantitative estimate of drug-likeness (QED) is 0.0415. The molecule has 262 valence electrons. The Morgan fingerprint density at radius 2 is 0.711 bits per heavy atom. The SMILES string of the molecule is CCCCCCCCC=CCCCCCCCCC(CCCCCCCCC=CCCCCCCCC)=C(CC(=O)O)C(=O)O. The van der Waals surface area contributed by atoms with Gasteiger partial charge in [-0.05, 0) is 77.0 Å². The van der Waals surface area contributed by atoms with Crippen molar-refractivity contribution in [1.82, 2.24) is 0 Å². The van der Waals surface area contributed by atoms with Gasteiger partial charge < -0.3 is 10.2 Å². The molecular formula is C41H74O4. The molecule has 4 nitrogen and oxygen atoms in total. The second-order valence-electron chi connectivity index (χ2n) is 13.3. The molecular weight excluding hydrogens is 556 g/mol. The molecule has 0 rings (SSSR count). The predicted octanol–water partition coefficient (Wildman–Crippen LogP) is 13.7. The Bertz CT molecular complexity index is 719. The van der Waals surface area contributed by atoms with Crippen LogP contribution in [0.5, 0.6) is 0 Å². The fourth-order valence-electron chi connectivity index (χ4n) is 6.10. The molecule has 0 saturated heterocycles. The van der Waals surface area contributed by atoms with E-state index in [2.05, 4.69) is 38.2 Å². The van der Waals surface area contributed by atoms with Crippen molar-refractivity contribution < 1.29 is 19.8 Å². The monoisotopic (exact) mass is 631 g/mol. The van der Waals surface area contributed by atoms with Crippen LogP contribution >= 0.6 is 0 Å². The third-order valence-corrected chi connectivity index (χ3v) is 8.99. The van der Waals surface area contributed by atoms with Crippen LogP contribution in [0.3, 0.4) is 0 Å². The van der Waals surface area contributed by atoms with Crippen LogP contribution in [0.15, 0.2) is 35.5 Å². The molecule has 0 unspecified atom stereocenters. The highest BCUT2D eigenvalue weighted by Gasteiger charge is 2.17. The molecule has 0 fully saturated rings. The van der Waals surface area contributed by atoms with Crippen LogP contribution in [0.25, 0.3) is 0 Å². The minimum atomic E-state index is -1.05. The Labute approximate surface area is 279 Å². The van der Waals surface area contributed by atoms with E-state index in [1.807, 2.05) is 0 Å². The van der Waals surface area contributed by atoms with E-state index in [-0.39, 0.29) is 12.0 Å². The molecule has 0 aromatic heterocycles. The van der Waals surface area contributed by atoms with E-state index in [0.29, 0.717) is 0 Å². The van der Waals surface area contributed by atoms with Crippen molar-refractivity contribution in [1.29, 1.82) is 0 Å². The number of carboxylic acids is 2. The van der Waals surface area contributed by atoms with Crippen LogP contribution in [0, 0.1) is 0 Å².